The Balaban J connectivity index is 2.50. The monoisotopic (exact) mass is 166 g/mol. The second-order valence-electron chi connectivity index (χ2n) is 3.63. The maximum absolute atomic E-state index is 2.26. The van der Waals surface area contributed by atoms with Gasteiger partial charge in [-0.1, -0.05) is 42.5 Å². The highest BCUT2D eigenvalue weighted by Crippen LogP contribution is 2.11. The molecule has 0 heterocycles. The van der Waals surface area contributed by atoms with Gasteiger partial charge in [-0.3, -0.25) is 0 Å². The Labute approximate surface area is 77.2 Å². The molecule has 1 aromatic carbocycles. The van der Waals surface area contributed by atoms with Crippen LogP contribution >= 0.6 is 0 Å². The first-order valence-electron chi connectivity index (χ1n) is 4.56. The van der Waals surface area contributed by atoms with E-state index in [1.165, 1.54) is 27.1 Å². The molecule has 0 bridgehead atoms. The molecule has 0 unspecified atom stereocenters. The molecule has 0 amide bonds. The zero-order chi connectivity index (χ0) is 8.84. The number of benzene rings is 1. The van der Waals surface area contributed by atoms with E-state index >= 15 is 0 Å². The van der Waals surface area contributed by atoms with Crippen LogP contribution < -0.4 is 10.4 Å². The third-order valence-corrected chi connectivity index (χ3v) is 2.65. The Morgan fingerprint density at radius 3 is 2.69 bits per heavy atom. The van der Waals surface area contributed by atoms with Crippen molar-refractivity contribution in [2.75, 3.05) is 0 Å². The maximum Gasteiger partial charge on any atom is -0.0103 e. The topological polar surface area (TPSA) is 0 Å². The molecule has 0 heteroatoms. The molecular formula is C13H10. The highest BCUT2D eigenvalue weighted by atomic mass is 14.1. The fourth-order valence-electron chi connectivity index (χ4n) is 2.05. The summed E-state index contributed by atoms with van der Waals surface area (Å²) in [5.74, 6) is 0. The van der Waals surface area contributed by atoms with E-state index in [1.807, 2.05) is 0 Å². The van der Waals surface area contributed by atoms with Gasteiger partial charge < -0.3 is 0 Å². The van der Waals surface area contributed by atoms with E-state index in [0.717, 1.165) is 0 Å². The number of fused-ring (bicyclic) bond motifs is 3. The normalized spacial score (nSPS) is 15.9. The van der Waals surface area contributed by atoms with Gasteiger partial charge in [0.05, 0.1) is 0 Å². The van der Waals surface area contributed by atoms with Crippen LogP contribution in [0.25, 0.3) is 24.3 Å². The molecule has 0 spiro atoms. The van der Waals surface area contributed by atoms with E-state index in [4.69, 9.17) is 0 Å². The average Bonchev–Trinajstić information content (AvgIpc) is 2.65. The summed E-state index contributed by atoms with van der Waals surface area (Å²) < 4.78 is 0. The summed E-state index contributed by atoms with van der Waals surface area (Å²) in [6, 6.07) is 4.39. The summed E-state index contributed by atoms with van der Waals surface area (Å²) in [7, 11) is 0. The molecule has 0 fully saturated rings. The predicted octanol–water partition coefficient (Wildman–Crippen LogP) is 1.69. The molecule has 2 aliphatic carbocycles. The summed E-state index contributed by atoms with van der Waals surface area (Å²) in [4.78, 5) is 0. The summed E-state index contributed by atoms with van der Waals surface area (Å²) in [5, 5.41) is 2.77. The molecule has 0 N–H and O–H groups in total. The molecule has 3 rings (SSSR count). The van der Waals surface area contributed by atoms with Crippen molar-refractivity contribution in [1.29, 1.82) is 0 Å². The van der Waals surface area contributed by atoms with Crippen LogP contribution in [0.5, 0.6) is 0 Å². The second kappa shape index (κ2) is 2.23. The van der Waals surface area contributed by atoms with Crippen molar-refractivity contribution in [3.05, 3.63) is 45.3 Å². The van der Waals surface area contributed by atoms with Gasteiger partial charge in [0.2, 0.25) is 0 Å². The lowest BCUT2D eigenvalue weighted by Gasteiger charge is -1.94. The minimum Gasteiger partial charge on any atom is -0.0610 e. The van der Waals surface area contributed by atoms with Crippen LogP contribution in [0.2, 0.25) is 0 Å². The number of allylic oxidation sites excluding steroid dienone is 2. The zero-order valence-electron chi connectivity index (χ0n) is 7.54. The van der Waals surface area contributed by atoms with Gasteiger partial charge in [-0.2, -0.15) is 0 Å². The molecule has 0 atom stereocenters. The highest BCUT2D eigenvalue weighted by Gasteiger charge is 2.05. The van der Waals surface area contributed by atoms with Crippen LogP contribution in [0.1, 0.15) is 18.1 Å². The molecule has 0 saturated heterocycles. The van der Waals surface area contributed by atoms with E-state index in [9.17, 15) is 0 Å². The van der Waals surface area contributed by atoms with Crippen LogP contribution in [0.3, 0.4) is 0 Å². The number of hydrogen-bond donors (Lipinski definition) is 0. The minimum absolute atomic E-state index is 1.35. The minimum atomic E-state index is 1.35. The summed E-state index contributed by atoms with van der Waals surface area (Å²) >= 11 is 0. The van der Waals surface area contributed by atoms with Crippen molar-refractivity contribution in [3.63, 3.8) is 0 Å². The van der Waals surface area contributed by atoms with Crippen LogP contribution in [-0.4, -0.2) is 0 Å². The Kier molecular flexibility index (Phi) is 1.18. The van der Waals surface area contributed by atoms with Gasteiger partial charge in [-0.05, 0) is 34.1 Å². The van der Waals surface area contributed by atoms with E-state index < -0.39 is 0 Å². The summed E-state index contributed by atoms with van der Waals surface area (Å²) in [5.41, 5.74) is 4.05. The van der Waals surface area contributed by atoms with Crippen LogP contribution in [-0.2, 0) is 0 Å². The Bertz CT molecular complexity index is 554. The first-order valence-corrected chi connectivity index (χ1v) is 4.56. The molecule has 0 nitrogen and oxygen atoms in total. The second-order valence-corrected chi connectivity index (χ2v) is 3.63. The summed E-state index contributed by atoms with van der Waals surface area (Å²) in [6.45, 7) is 2.15. The van der Waals surface area contributed by atoms with Gasteiger partial charge in [-0.25, -0.2) is 0 Å². The number of rotatable bonds is 0. The van der Waals surface area contributed by atoms with Crippen LogP contribution in [0.4, 0.5) is 0 Å². The Morgan fingerprint density at radius 2 is 1.77 bits per heavy atom. The standard InChI is InChI=1S/C13H10/c1-9-7-11-6-5-10-3-2-4-12(10)13(11)8-9/h2-8H,1H3. The van der Waals surface area contributed by atoms with Crippen molar-refractivity contribution in [1.82, 2.24) is 0 Å². The SMILES string of the molecule is CC1=Cc2ccc3c(c2=C1)=CC=C3. The van der Waals surface area contributed by atoms with Crippen molar-refractivity contribution < 1.29 is 0 Å². The zero-order valence-corrected chi connectivity index (χ0v) is 7.54. The Morgan fingerprint density at radius 1 is 0.923 bits per heavy atom. The third kappa shape index (κ3) is 0.858. The van der Waals surface area contributed by atoms with E-state index in [-0.39, 0.29) is 0 Å². The molecule has 13 heavy (non-hydrogen) atoms. The highest BCUT2D eigenvalue weighted by molar-refractivity contribution is 5.76. The smallest absolute Gasteiger partial charge is 0.0103 e. The largest absolute Gasteiger partial charge is 0.0610 e. The molecule has 0 aliphatic heterocycles. The van der Waals surface area contributed by atoms with Crippen LogP contribution in [0.15, 0.2) is 23.8 Å². The fraction of sp³-hybridized carbons (Fsp3) is 0.0769. The molecule has 2 aliphatic rings. The van der Waals surface area contributed by atoms with Gasteiger partial charge in [0, 0.05) is 0 Å². The predicted molar refractivity (Wildman–Crippen MR) is 57.3 cm³/mol. The Hall–Kier alpha value is -1.56. The van der Waals surface area contributed by atoms with E-state index in [2.05, 4.69) is 49.4 Å². The van der Waals surface area contributed by atoms with Gasteiger partial charge in [0.15, 0.2) is 0 Å². The van der Waals surface area contributed by atoms with E-state index in [0.29, 0.717) is 0 Å². The lowest BCUT2D eigenvalue weighted by atomic mass is 10.1. The van der Waals surface area contributed by atoms with Gasteiger partial charge in [0.25, 0.3) is 0 Å². The fourth-order valence-corrected chi connectivity index (χ4v) is 2.05. The van der Waals surface area contributed by atoms with E-state index in [1.54, 1.807) is 0 Å². The lowest BCUT2D eigenvalue weighted by molar-refractivity contribution is 1.49. The molecule has 0 radical (unpaired) electrons. The van der Waals surface area contributed by atoms with Gasteiger partial charge in [-0.15, -0.1) is 0 Å². The molecule has 0 aromatic heterocycles. The quantitative estimate of drug-likeness (QED) is 0.550. The number of hydrogen-bond acceptors (Lipinski definition) is 0. The first-order chi connectivity index (χ1) is 6.34. The van der Waals surface area contributed by atoms with Gasteiger partial charge >= 0.3 is 0 Å². The molecule has 0 saturated carbocycles. The third-order valence-electron chi connectivity index (χ3n) is 2.65. The molecule has 62 valence electrons. The first kappa shape index (κ1) is 6.90. The molecular weight excluding hydrogens is 156 g/mol. The van der Waals surface area contributed by atoms with Gasteiger partial charge in [0.1, 0.15) is 0 Å². The van der Waals surface area contributed by atoms with Crippen molar-refractivity contribution in [2.24, 2.45) is 0 Å². The van der Waals surface area contributed by atoms with Crippen molar-refractivity contribution >= 4 is 24.3 Å². The summed E-state index contributed by atoms with van der Waals surface area (Å²) in [6.07, 6.45) is 11.0. The van der Waals surface area contributed by atoms with Crippen molar-refractivity contribution in [2.45, 2.75) is 6.92 Å². The lowest BCUT2D eigenvalue weighted by Crippen LogP contribution is -2.26. The van der Waals surface area contributed by atoms with Crippen molar-refractivity contribution in [3.8, 4) is 0 Å². The average molecular weight is 166 g/mol. The van der Waals surface area contributed by atoms with Crippen LogP contribution in [0, 0.1) is 0 Å². The molecule has 1 aromatic rings. The maximum atomic E-state index is 2.26.